The Morgan fingerprint density at radius 3 is 2.13 bits per heavy atom. The maximum atomic E-state index is 13.6. The van der Waals surface area contributed by atoms with Crippen LogP contribution >= 0.6 is 0 Å². The SMILES string of the molecule is Cc1ccc(S(=O)(=O)N(CC(=O)N/N=C/c2cc(C)n(-c3c(C)cccc3C)c2C)c2ccccc2C)cc1. The van der Waals surface area contributed by atoms with Crippen LogP contribution in [-0.2, 0) is 14.8 Å². The molecular weight excluding hydrogens is 508 g/mol. The van der Waals surface area contributed by atoms with E-state index in [4.69, 9.17) is 0 Å². The van der Waals surface area contributed by atoms with E-state index in [-0.39, 0.29) is 4.90 Å². The zero-order chi connectivity index (χ0) is 28.3. The molecule has 1 aromatic heterocycles. The Kier molecular flexibility index (Phi) is 8.06. The maximum Gasteiger partial charge on any atom is 0.264 e. The minimum atomic E-state index is -4.00. The van der Waals surface area contributed by atoms with E-state index in [0.717, 1.165) is 38.1 Å². The van der Waals surface area contributed by atoms with Crippen molar-refractivity contribution in [2.24, 2.45) is 5.10 Å². The number of benzene rings is 3. The summed E-state index contributed by atoms with van der Waals surface area (Å²) in [6, 6.07) is 21.9. The van der Waals surface area contributed by atoms with E-state index in [1.807, 2.05) is 52.0 Å². The number of para-hydroxylation sites is 2. The van der Waals surface area contributed by atoms with Gasteiger partial charge in [-0.05, 0) is 82.5 Å². The smallest absolute Gasteiger partial charge is 0.264 e. The van der Waals surface area contributed by atoms with Crippen LogP contribution in [-0.4, -0.2) is 31.7 Å². The van der Waals surface area contributed by atoms with Crippen molar-refractivity contribution in [3.05, 3.63) is 112 Å². The molecule has 0 atom stereocenters. The Balaban J connectivity index is 1.58. The van der Waals surface area contributed by atoms with Crippen LogP contribution in [0.25, 0.3) is 5.69 Å². The van der Waals surface area contributed by atoms with Crippen LogP contribution in [0.3, 0.4) is 0 Å². The number of hydrogen-bond donors (Lipinski definition) is 1. The van der Waals surface area contributed by atoms with E-state index in [1.54, 1.807) is 42.6 Å². The summed E-state index contributed by atoms with van der Waals surface area (Å²) in [5.41, 5.74) is 11.0. The van der Waals surface area contributed by atoms with E-state index in [9.17, 15) is 13.2 Å². The molecule has 0 saturated carbocycles. The average molecular weight is 543 g/mol. The summed E-state index contributed by atoms with van der Waals surface area (Å²) in [6.07, 6.45) is 1.59. The van der Waals surface area contributed by atoms with Gasteiger partial charge in [-0.25, -0.2) is 13.8 Å². The first kappa shape index (κ1) is 27.9. The standard InChI is InChI=1S/C31H34N4O3S/c1-21-14-16-28(17-15-21)39(37,38)34(29-13-8-7-10-22(29)2)20-30(36)33-32-19-27-18-25(5)35(26(27)6)31-23(3)11-9-12-24(31)4/h7-19H,20H2,1-6H3,(H,33,36)/b32-19+. The Morgan fingerprint density at radius 1 is 0.872 bits per heavy atom. The van der Waals surface area contributed by atoms with Crippen molar-refractivity contribution in [3.63, 3.8) is 0 Å². The summed E-state index contributed by atoms with van der Waals surface area (Å²) in [7, 11) is -4.00. The molecule has 0 unspecified atom stereocenters. The highest BCUT2D eigenvalue weighted by Gasteiger charge is 2.28. The third-order valence-corrected chi connectivity index (χ3v) is 8.58. The van der Waals surface area contributed by atoms with Crippen LogP contribution in [0.2, 0.25) is 0 Å². The summed E-state index contributed by atoms with van der Waals surface area (Å²) in [4.78, 5) is 13.1. The summed E-state index contributed by atoms with van der Waals surface area (Å²) in [5, 5.41) is 4.17. The van der Waals surface area contributed by atoms with E-state index in [0.29, 0.717) is 5.69 Å². The maximum absolute atomic E-state index is 13.6. The van der Waals surface area contributed by atoms with Gasteiger partial charge in [0.05, 0.1) is 22.5 Å². The quantitative estimate of drug-likeness (QED) is 0.230. The number of hydrogen-bond acceptors (Lipinski definition) is 4. The second-order valence-corrected chi connectivity index (χ2v) is 11.7. The molecule has 0 aliphatic carbocycles. The minimum Gasteiger partial charge on any atom is -0.317 e. The molecule has 0 bridgehead atoms. The Bertz CT molecular complexity index is 1630. The van der Waals surface area contributed by atoms with Gasteiger partial charge in [-0.2, -0.15) is 5.10 Å². The highest BCUT2D eigenvalue weighted by Crippen LogP contribution is 2.27. The van der Waals surface area contributed by atoms with Gasteiger partial charge in [-0.1, -0.05) is 54.1 Å². The zero-order valence-corrected chi connectivity index (χ0v) is 24.0. The van der Waals surface area contributed by atoms with Crippen molar-refractivity contribution in [3.8, 4) is 5.69 Å². The molecule has 0 aliphatic rings. The van der Waals surface area contributed by atoms with E-state index >= 15 is 0 Å². The molecule has 202 valence electrons. The minimum absolute atomic E-state index is 0.117. The van der Waals surface area contributed by atoms with Crippen molar-refractivity contribution in [1.82, 2.24) is 9.99 Å². The fourth-order valence-corrected chi connectivity index (χ4v) is 6.23. The molecule has 0 spiro atoms. The third kappa shape index (κ3) is 5.81. The predicted molar refractivity (Wildman–Crippen MR) is 157 cm³/mol. The van der Waals surface area contributed by atoms with Crippen molar-refractivity contribution in [2.45, 2.75) is 46.4 Å². The number of hydrazone groups is 1. The Hall–Kier alpha value is -4.17. The lowest BCUT2D eigenvalue weighted by molar-refractivity contribution is -0.119. The van der Waals surface area contributed by atoms with Crippen LogP contribution in [0.5, 0.6) is 0 Å². The number of sulfonamides is 1. The van der Waals surface area contributed by atoms with Crippen molar-refractivity contribution >= 4 is 27.8 Å². The normalized spacial score (nSPS) is 11.6. The number of anilines is 1. The van der Waals surface area contributed by atoms with Crippen LogP contribution in [0.4, 0.5) is 5.69 Å². The lowest BCUT2D eigenvalue weighted by Crippen LogP contribution is -2.40. The molecule has 1 N–H and O–H groups in total. The number of carbonyl (C=O) groups is 1. The molecule has 0 aliphatic heterocycles. The van der Waals surface area contributed by atoms with Gasteiger partial charge in [0, 0.05) is 17.0 Å². The van der Waals surface area contributed by atoms with Crippen LogP contribution in [0.1, 0.15) is 39.2 Å². The van der Waals surface area contributed by atoms with Crippen molar-refractivity contribution in [2.75, 3.05) is 10.8 Å². The van der Waals surface area contributed by atoms with E-state index < -0.39 is 22.5 Å². The van der Waals surface area contributed by atoms with Gasteiger partial charge < -0.3 is 4.57 Å². The molecule has 0 saturated heterocycles. The highest BCUT2D eigenvalue weighted by molar-refractivity contribution is 7.92. The van der Waals surface area contributed by atoms with Gasteiger partial charge in [-0.3, -0.25) is 9.10 Å². The summed E-state index contributed by atoms with van der Waals surface area (Å²) in [5.74, 6) is -0.547. The number of nitrogens with one attached hydrogen (secondary N) is 1. The fourth-order valence-electron chi connectivity index (χ4n) is 4.74. The lowest BCUT2D eigenvalue weighted by Gasteiger charge is -2.25. The van der Waals surface area contributed by atoms with Gasteiger partial charge in [0.15, 0.2) is 0 Å². The largest absolute Gasteiger partial charge is 0.317 e. The molecule has 8 heteroatoms. The van der Waals surface area contributed by atoms with Gasteiger partial charge in [-0.15, -0.1) is 0 Å². The molecule has 1 heterocycles. The van der Waals surface area contributed by atoms with Gasteiger partial charge in [0.25, 0.3) is 15.9 Å². The number of aromatic nitrogens is 1. The molecular formula is C31H34N4O3S. The van der Waals surface area contributed by atoms with Gasteiger partial charge in [0.1, 0.15) is 6.54 Å². The Labute approximate surface area is 230 Å². The van der Waals surface area contributed by atoms with Crippen molar-refractivity contribution < 1.29 is 13.2 Å². The summed E-state index contributed by atoms with van der Waals surface area (Å²) < 4.78 is 30.5. The number of amides is 1. The molecule has 4 aromatic rings. The van der Waals surface area contributed by atoms with Gasteiger partial charge >= 0.3 is 0 Å². The highest BCUT2D eigenvalue weighted by atomic mass is 32.2. The molecule has 39 heavy (non-hydrogen) atoms. The zero-order valence-electron chi connectivity index (χ0n) is 23.2. The summed E-state index contributed by atoms with van der Waals surface area (Å²) in [6.45, 7) is 11.5. The first-order chi connectivity index (χ1) is 18.5. The number of aryl methyl sites for hydroxylation is 5. The van der Waals surface area contributed by atoms with Crippen LogP contribution < -0.4 is 9.73 Å². The molecule has 4 rings (SSSR count). The first-order valence-electron chi connectivity index (χ1n) is 12.7. The Morgan fingerprint density at radius 2 is 1.49 bits per heavy atom. The monoisotopic (exact) mass is 542 g/mol. The number of rotatable bonds is 8. The molecule has 0 fully saturated rings. The molecule has 3 aromatic carbocycles. The van der Waals surface area contributed by atoms with Crippen LogP contribution in [0.15, 0.2) is 82.8 Å². The van der Waals surface area contributed by atoms with E-state index in [1.165, 1.54) is 11.1 Å². The fraction of sp³-hybridized carbons (Fsp3) is 0.226. The topological polar surface area (TPSA) is 83.8 Å². The molecule has 0 radical (unpaired) electrons. The molecule has 1 amide bonds. The first-order valence-corrected chi connectivity index (χ1v) is 14.2. The summed E-state index contributed by atoms with van der Waals surface area (Å²) >= 11 is 0. The second-order valence-electron chi connectivity index (χ2n) is 9.81. The van der Waals surface area contributed by atoms with Crippen LogP contribution in [0, 0.1) is 41.5 Å². The molecule has 7 nitrogen and oxygen atoms in total. The van der Waals surface area contributed by atoms with Gasteiger partial charge in [0.2, 0.25) is 0 Å². The van der Waals surface area contributed by atoms with Crippen molar-refractivity contribution in [1.29, 1.82) is 0 Å². The number of nitrogens with zero attached hydrogens (tertiary/aromatic N) is 3. The third-order valence-electron chi connectivity index (χ3n) is 6.81. The number of carbonyl (C=O) groups excluding carboxylic acids is 1. The second kappa shape index (κ2) is 11.3. The van der Waals surface area contributed by atoms with E-state index in [2.05, 4.69) is 41.1 Å². The predicted octanol–water partition coefficient (Wildman–Crippen LogP) is 5.67. The average Bonchev–Trinajstić information content (AvgIpc) is 3.16. The lowest BCUT2D eigenvalue weighted by atomic mass is 10.1.